The molecule has 0 saturated heterocycles. The molecule has 0 aliphatic heterocycles. The Morgan fingerprint density at radius 3 is 2.27 bits per heavy atom. The van der Waals surface area contributed by atoms with Gasteiger partial charge in [-0.05, 0) is 30.2 Å². The molecule has 0 spiro atoms. The molecule has 0 radical (unpaired) electrons. The Kier molecular flexibility index (Phi) is 2.99. The molecular formula is C8H10Cl2Si. The first kappa shape index (κ1) is 9.11. The zero-order chi connectivity index (χ0) is 8.43. The number of rotatable bonds is 1. The van der Waals surface area contributed by atoms with Crippen LogP contribution in [0, 0.1) is 13.8 Å². The molecule has 0 heterocycles. The van der Waals surface area contributed by atoms with Crippen molar-refractivity contribution in [3.05, 3.63) is 29.3 Å². The molecule has 3 heteroatoms. The second kappa shape index (κ2) is 3.61. The van der Waals surface area contributed by atoms with E-state index in [1.165, 1.54) is 11.1 Å². The van der Waals surface area contributed by atoms with Gasteiger partial charge in [-0.2, -0.15) is 0 Å². The zero-order valence-electron chi connectivity index (χ0n) is 6.57. The molecule has 0 aliphatic carbocycles. The van der Waals surface area contributed by atoms with Crippen LogP contribution in [-0.4, -0.2) is 7.42 Å². The van der Waals surface area contributed by atoms with E-state index < -0.39 is 7.42 Å². The standard InChI is InChI=1S/C8H10Cl2Si/c1-6-4-3-5-8(7(6)2)11(9)10/h3-5,11H,1-2H3. The van der Waals surface area contributed by atoms with E-state index in [9.17, 15) is 0 Å². The fourth-order valence-electron chi connectivity index (χ4n) is 1.01. The van der Waals surface area contributed by atoms with Crippen LogP contribution < -0.4 is 5.19 Å². The largest absolute Gasteiger partial charge is 0.266 e. The molecule has 0 fully saturated rings. The van der Waals surface area contributed by atoms with Gasteiger partial charge in [0.2, 0.25) is 0 Å². The maximum atomic E-state index is 5.88. The Morgan fingerprint density at radius 1 is 1.18 bits per heavy atom. The second-order valence-electron chi connectivity index (χ2n) is 2.59. The van der Waals surface area contributed by atoms with Crippen molar-refractivity contribution in [2.24, 2.45) is 0 Å². The third-order valence-electron chi connectivity index (χ3n) is 1.88. The molecule has 0 bridgehead atoms. The van der Waals surface area contributed by atoms with Crippen LogP contribution >= 0.6 is 22.2 Å². The molecule has 0 aromatic heterocycles. The fraction of sp³-hybridized carbons (Fsp3) is 0.250. The topological polar surface area (TPSA) is 0 Å². The minimum absolute atomic E-state index is 1.15. The summed E-state index contributed by atoms with van der Waals surface area (Å²) in [6.45, 7) is 4.14. The number of halogens is 2. The highest BCUT2D eigenvalue weighted by molar-refractivity contribution is 7.39. The van der Waals surface area contributed by atoms with Gasteiger partial charge in [-0.3, -0.25) is 0 Å². The van der Waals surface area contributed by atoms with Crippen molar-refractivity contribution >= 4 is 34.8 Å². The van der Waals surface area contributed by atoms with Crippen molar-refractivity contribution in [1.82, 2.24) is 0 Å². The van der Waals surface area contributed by atoms with E-state index in [-0.39, 0.29) is 0 Å². The lowest BCUT2D eigenvalue weighted by atomic mass is 10.1. The van der Waals surface area contributed by atoms with Gasteiger partial charge in [-0.1, -0.05) is 18.2 Å². The maximum absolute atomic E-state index is 5.88. The molecule has 1 aromatic rings. The number of hydrogen-bond acceptors (Lipinski definition) is 0. The lowest BCUT2D eigenvalue weighted by Crippen LogP contribution is -2.21. The molecular weight excluding hydrogens is 195 g/mol. The minimum Gasteiger partial charge on any atom is -0.144 e. The van der Waals surface area contributed by atoms with Gasteiger partial charge in [0, 0.05) is 0 Å². The average Bonchev–Trinajstić information content (AvgIpc) is 1.94. The maximum Gasteiger partial charge on any atom is 0.266 e. The number of hydrogen-bond donors (Lipinski definition) is 0. The lowest BCUT2D eigenvalue weighted by Gasteiger charge is -2.06. The summed E-state index contributed by atoms with van der Waals surface area (Å²) in [5, 5.41) is 1.15. The Balaban J connectivity index is 3.17. The van der Waals surface area contributed by atoms with Gasteiger partial charge in [0.25, 0.3) is 7.42 Å². The summed E-state index contributed by atoms with van der Waals surface area (Å²) in [4.78, 5) is 0. The molecule has 0 aliphatic rings. The van der Waals surface area contributed by atoms with Crippen molar-refractivity contribution in [2.45, 2.75) is 13.8 Å². The summed E-state index contributed by atoms with van der Waals surface area (Å²) in [5.74, 6) is 0. The molecule has 0 nitrogen and oxygen atoms in total. The Labute approximate surface area is 78.2 Å². The fourth-order valence-corrected chi connectivity index (χ4v) is 3.24. The highest BCUT2D eigenvalue weighted by Crippen LogP contribution is 2.07. The molecule has 1 aromatic carbocycles. The average molecular weight is 205 g/mol. The Bertz CT molecular complexity index is 258. The summed E-state index contributed by atoms with van der Waals surface area (Å²) in [6.07, 6.45) is 0. The Hall–Kier alpha value is 0.0169. The molecule has 0 unspecified atom stereocenters. The quantitative estimate of drug-likeness (QED) is 0.487. The van der Waals surface area contributed by atoms with Gasteiger partial charge < -0.3 is 0 Å². The number of aryl methyl sites for hydroxylation is 1. The molecule has 0 atom stereocenters. The van der Waals surface area contributed by atoms with Crippen molar-refractivity contribution in [1.29, 1.82) is 0 Å². The zero-order valence-corrected chi connectivity index (χ0v) is 9.23. The first-order valence-corrected chi connectivity index (χ1v) is 7.54. The molecule has 1 rings (SSSR count). The van der Waals surface area contributed by atoms with Crippen LogP contribution in [-0.2, 0) is 0 Å². The van der Waals surface area contributed by atoms with E-state index in [1.807, 2.05) is 12.1 Å². The van der Waals surface area contributed by atoms with Crippen LogP contribution in [0.2, 0.25) is 0 Å². The van der Waals surface area contributed by atoms with Crippen molar-refractivity contribution < 1.29 is 0 Å². The normalized spacial score (nSPS) is 10.6. The van der Waals surface area contributed by atoms with Gasteiger partial charge >= 0.3 is 0 Å². The summed E-state index contributed by atoms with van der Waals surface area (Å²) >= 11 is 11.8. The Morgan fingerprint density at radius 2 is 1.82 bits per heavy atom. The van der Waals surface area contributed by atoms with Crippen LogP contribution in [0.3, 0.4) is 0 Å². The van der Waals surface area contributed by atoms with E-state index in [4.69, 9.17) is 22.2 Å². The highest BCUT2D eigenvalue weighted by atomic mass is 35.7. The van der Waals surface area contributed by atoms with Gasteiger partial charge in [-0.25, -0.2) is 0 Å². The van der Waals surface area contributed by atoms with E-state index in [2.05, 4.69) is 19.9 Å². The van der Waals surface area contributed by atoms with Crippen molar-refractivity contribution in [2.75, 3.05) is 0 Å². The molecule has 11 heavy (non-hydrogen) atoms. The van der Waals surface area contributed by atoms with Crippen LogP contribution in [0.25, 0.3) is 0 Å². The van der Waals surface area contributed by atoms with E-state index in [1.54, 1.807) is 0 Å². The third-order valence-corrected chi connectivity index (χ3v) is 4.39. The minimum atomic E-state index is -1.65. The van der Waals surface area contributed by atoms with Crippen LogP contribution in [0.4, 0.5) is 0 Å². The molecule has 0 N–H and O–H groups in total. The van der Waals surface area contributed by atoms with E-state index in [0.717, 1.165) is 5.19 Å². The summed E-state index contributed by atoms with van der Waals surface area (Å²) in [7, 11) is -1.65. The second-order valence-corrected chi connectivity index (χ2v) is 7.10. The van der Waals surface area contributed by atoms with Gasteiger partial charge in [0.15, 0.2) is 0 Å². The molecule has 60 valence electrons. The summed E-state index contributed by atoms with van der Waals surface area (Å²) in [5.41, 5.74) is 2.51. The monoisotopic (exact) mass is 204 g/mol. The van der Waals surface area contributed by atoms with Crippen LogP contribution in [0.1, 0.15) is 11.1 Å². The predicted octanol–water partition coefficient (Wildman–Crippen LogP) is 2.21. The summed E-state index contributed by atoms with van der Waals surface area (Å²) in [6, 6.07) is 6.09. The van der Waals surface area contributed by atoms with Crippen LogP contribution in [0.15, 0.2) is 18.2 Å². The molecule has 0 amide bonds. The SMILES string of the molecule is Cc1cccc([SiH](Cl)Cl)c1C. The van der Waals surface area contributed by atoms with Crippen LogP contribution in [0.5, 0.6) is 0 Å². The predicted molar refractivity (Wildman–Crippen MR) is 54.4 cm³/mol. The van der Waals surface area contributed by atoms with E-state index in [0.29, 0.717) is 0 Å². The van der Waals surface area contributed by atoms with Gasteiger partial charge in [0.05, 0.1) is 0 Å². The van der Waals surface area contributed by atoms with Crippen molar-refractivity contribution in [3.63, 3.8) is 0 Å². The molecule has 0 saturated carbocycles. The van der Waals surface area contributed by atoms with Crippen molar-refractivity contribution in [3.8, 4) is 0 Å². The lowest BCUT2D eigenvalue weighted by molar-refractivity contribution is 1.37. The summed E-state index contributed by atoms with van der Waals surface area (Å²) < 4.78 is 0. The van der Waals surface area contributed by atoms with E-state index >= 15 is 0 Å². The van der Waals surface area contributed by atoms with Gasteiger partial charge in [0.1, 0.15) is 0 Å². The first-order valence-electron chi connectivity index (χ1n) is 3.47. The number of benzene rings is 1. The smallest absolute Gasteiger partial charge is 0.144 e. The highest BCUT2D eigenvalue weighted by Gasteiger charge is 2.09. The first-order chi connectivity index (χ1) is 5.13. The third kappa shape index (κ3) is 1.98. The van der Waals surface area contributed by atoms with Gasteiger partial charge in [-0.15, -0.1) is 22.2 Å².